The van der Waals surface area contributed by atoms with E-state index in [1.807, 2.05) is 42.5 Å². The van der Waals surface area contributed by atoms with Gasteiger partial charge in [0.15, 0.2) is 17.1 Å². The van der Waals surface area contributed by atoms with Crippen molar-refractivity contribution in [3.63, 3.8) is 0 Å². The number of rotatable bonds is 7. The normalized spacial score (nSPS) is 10.0. The lowest BCUT2D eigenvalue weighted by Gasteiger charge is -2.07. The van der Waals surface area contributed by atoms with E-state index in [-0.39, 0.29) is 24.8 Å². The number of fused-ring (bicyclic) bond motifs is 1. The van der Waals surface area contributed by atoms with E-state index in [1.54, 1.807) is 19.2 Å². The molecule has 28 heavy (non-hydrogen) atoms. The van der Waals surface area contributed by atoms with E-state index in [2.05, 4.69) is 23.7 Å². The monoisotopic (exact) mass is 375 g/mol. The first-order chi connectivity index (χ1) is 13.7. The molecule has 1 heterocycles. The maximum atomic E-state index is 12.2. The Labute approximate surface area is 163 Å². The van der Waals surface area contributed by atoms with Gasteiger partial charge in [0, 0.05) is 5.39 Å². The Hall–Kier alpha value is -3.65. The summed E-state index contributed by atoms with van der Waals surface area (Å²) in [5, 5.41) is 3.52. The molecule has 0 unspecified atom stereocenters. The first-order valence-corrected chi connectivity index (χ1v) is 8.85. The van der Waals surface area contributed by atoms with Crippen molar-refractivity contribution < 1.29 is 18.7 Å². The van der Waals surface area contributed by atoms with Gasteiger partial charge in [0.05, 0.1) is 13.7 Å². The molecule has 1 N–H and O–H groups in total. The number of furan rings is 1. The zero-order valence-corrected chi connectivity index (χ0v) is 15.7. The van der Waals surface area contributed by atoms with Crippen LogP contribution in [0.2, 0.25) is 0 Å². The van der Waals surface area contributed by atoms with Crippen molar-refractivity contribution in [3.8, 4) is 23.3 Å². The average molecular weight is 375 g/mol. The molecule has 1 aromatic heterocycles. The highest BCUT2D eigenvalue weighted by Gasteiger charge is 2.13. The van der Waals surface area contributed by atoms with Gasteiger partial charge in [-0.25, -0.2) is 0 Å². The number of benzene rings is 2. The number of carbonyl (C=O) groups excluding carboxylic acids is 1. The number of carbonyl (C=O) groups is 1. The fraction of sp³-hybridized carbons (Fsp3) is 0.174. The highest BCUT2D eigenvalue weighted by molar-refractivity contribution is 5.97. The van der Waals surface area contributed by atoms with Gasteiger partial charge in [0.2, 0.25) is 0 Å². The fourth-order valence-corrected chi connectivity index (χ4v) is 2.72. The van der Waals surface area contributed by atoms with E-state index < -0.39 is 0 Å². The summed E-state index contributed by atoms with van der Waals surface area (Å²) in [7, 11) is 1.56. The van der Waals surface area contributed by atoms with Crippen molar-refractivity contribution in [2.24, 2.45) is 0 Å². The molecule has 0 spiro atoms. The van der Waals surface area contributed by atoms with Crippen LogP contribution in [0.15, 0.2) is 65.6 Å². The van der Waals surface area contributed by atoms with Crippen molar-refractivity contribution in [1.82, 2.24) is 5.32 Å². The average Bonchev–Trinajstić information content (AvgIpc) is 3.16. The van der Waals surface area contributed by atoms with Gasteiger partial charge in [-0.3, -0.25) is 4.79 Å². The van der Waals surface area contributed by atoms with E-state index in [4.69, 9.17) is 13.9 Å². The summed E-state index contributed by atoms with van der Waals surface area (Å²) in [6.45, 7) is 4.19. The lowest BCUT2D eigenvalue weighted by molar-refractivity contribution is 0.0933. The standard InChI is InChI=1S/C23H21NO4/c1-3-9-17-10-4-5-12-19(17)27-15-7-6-14-24-23(25)21-16-18-11-8-13-20(26-2)22(18)28-21/h3-5,8,10-13,16H,1,9,14-15H2,2H3,(H,24,25). The minimum atomic E-state index is -0.329. The minimum absolute atomic E-state index is 0.199. The van der Waals surface area contributed by atoms with Crippen LogP contribution < -0.4 is 14.8 Å². The molecule has 0 saturated carbocycles. The van der Waals surface area contributed by atoms with Crippen molar-refractivity contribution in [3.05, 3.63) is 72.5 Å². The number of hydrogen-bond acceptors (Lipinski definition) is 4. The number of para-hydroxylation sites is 2. The highest BCUT2D eigenvalue weighted by Crippen LogP contribution is 2.28. The molecule has 2 aromatic carbocycles. The van der Waals surface area contributed by atoms with Gasteiger partial charge < -0.3 is 19.2 Å². The van der Waals surface area contributed by atoms with Gasteiger partial charge in [0.1, 0.15) is 12.4 Å². The summed E-state index contributed by atoms with van der Waals surface area (Å²) in [4.78, 5) is 12.2. The highest BCUT2D eigenvalue weighted by atomic mass is 16.5. The van der Waals surface area contributed by atoms with Gasteiger partial charge >= 0.3 is 0 Å². The lowest BCUT2D eigenvalue weighted by Crippen LogP contribution is -2.23. The van der Waals surface area contributed by atoms with Crippen molar-refractivity contribution >= 4 is 16.9 Å². The zero-order chi connectivity index (χ0) is 19.8. The molecular weight excluding hydrogens is 354 g/mol. The largest absolute Gasteiger partial charge is 0.493 e. The maximum Gasteiger partial charge on any atom is 0.287 e. The molecule has 0 aliphatic carbocycles. The second kappa shape index (κ2) is 9.33. The molecule has 0 radical (unpaired) electrons. The number of amides is 1. The maximum absolute atomic E-state index is 12.2. The molecule has 0 aliphatic rings. The number of nitrogens with one attached hydrogen (secondary N) is 1. The third-order valence-electron chi connectivity index (χ3n) is 4.05. The number of allylic oxidation sites excluding steroid dienone is 1. The Morgan fingerprint density at radius 3 is 2.82 bits per heavy atom. The lowest BCUT2D eigenvalue weighted by atomic mass is 10.1. The predicted molar refractivity (Wildman–Crippen MR) is 109 cm³/mol. The van der Waals surface area contributed by atoms with Gasteiger partial charge in [0.25, 0.3) is 5.91 Å². The van der Waals surface area contributed by atoms with Crippen LogP contribution in [0.3, 0.4) is 0 Å². The quantitative estimate of drug-likeness (QED) is 0.501. The molecule has 0 saturated heterocycles. The van der Waals surface area contributed by atoms with Gasteiger partial charge in [-0.1, -0.05) is 48.2 Å². The molecule has 5 nitrogen and oxygen atoms in total. The van der Waals surface area contributed by atoms with Gasteiger partial charge in [-0.05, 0) is 30.2 Å². The van der Waals surface area contributed by atoms with E-state index >= 15 is 0 Å². The summed E-state index contributed by atoms with van der Waals surface area (Å²) in [5.41, 5.74) is 1.61. The van der Waals surface area contributed by atoms with Crippen LogP contribution in [0.25, 0.3) is 11.0 Å². The predicted octanol–water partition coefficient (Wildman–Crippen LogP) is 3.98. The van der Waals surface area contributed by atoms with E-state index in [0.717, 1.165) is 23.1 Å². The smallest absolute Gasteiger partial charge is 0.287 e. The Kier molecular flexibility index (Phi) is 6.37. The van der Waals surface area contributed by atoms with E-state index in [9.17, 15) is 4.79 Å². The Morgan fingerprint density at radius 2 is 2.00 bits per heavy atom. The molecule has 3 aromatic rings. The summed E-state index contributed by atoms with van der Waals surface area (Å²) < 4.78 is 16.5. The minimum Gasteiger partial charge on any atom is -0.493 e. The molecule has 0 bridgehead atoms. The molecule has 0 aliphatic heterocycles. The second-order valence-corrected chi connectivity index (χ2v) is 5.91. The van der Waals surface area contributed by atoms with Crippen LogP contribution in [0.5, 0.6) is 11.5 Å². The van der Waals surface area contributed by atoms with Gasteiger partial charge in [-0.15, -0.1) is 6.58 Å². The zero-order valence-electron chi connectivity index (χ0n) is 15.7. The molecule has 142 valence electrons. The number of hydrogen-bond donors (Lipinski definition) is 1. The van der Waals surface area contributed by atoms with Gasteiger partial charge in [-0.2, -0.15) is 0 Å². The van der Waals surface area contributed by atoms with Crippen LogP contribution in [0, 0.1) is 11.8 Å². The molecule has 0 fully saturated rings. The molecule has 0 atom stereocenters. The molecular formula is C23H21NO4. The number of methoxy groups -OCH3 is 1. The summed E-state index contributed by atoms with van der Waals surface area (Å²) in [6, 6.07) is 14.9. The molecule has 3 rings (SSSR count). The SMILES string of the molecule is C=CCc1ccccc1OCC#CCNC(=O)c1cc2cccc(OC)c2o1. The fourth-order valence-electron chi connectivity index (χ4n) is 2.72. The van der Waals surface area contributed by atoms with Crippen molar-refractivity contribution in [2.75, 3.05) is 20.3 Å². The first-order valence-electron chi connectivity index (χ1n) is 8.85. The summed E-state index contributed by atoms with van der Waals surface area (Å²) in [6.07, 6.45) is 2.57. The summed E-state index contributed by atoms with van der Waals surface area (Å²) in [5.74, 6) is 7.03. The Bertz CT molecular complexity index is 1040. The Balaban J connectivity index is 1.52. The topological polar surface area (TPSA) is 60.7 Å². The van der Waals surface area contributed by atoms with Crippen LogP contribution in [-0.4, -0.2) is 26.2 Å². The second-order valence-electron chi connectivity index (χ2n) is 5.91. The first kappa shape index (κ1) is 19.1. The van der Waals surface area contributed by atoms with E-state index in [0.29, 0.717) is 11.3 Å². The van der Waals surface area contributed by atoms with Crippen molar-refractivity contribution in [1.29, 1.82) is 0 Å². The van der Waals surface area contributed by atoms with Crippen molar-refractivity contribution in [2.45, 2.75) is 6.42 Å². The summed E-state index contributed by atoms with van der Waals surface area (Å²) >= 11 is 0. The third kappa shape index (κ3) is 4.54. The van der Waals surface area contributed by atoms with E-state index in [1.165, 1.54) is 0 Å². The molecule has 1 amide bonds. The number of ether oxygens (including phenoxy) is 2. The van der Waals surface area contributed by atoms with Crippen LogP contribution >= 0.6 is 0 Å². The Morgan fingerprint density at radius 1 is 1.18 bits per heavy atom. The van der Waals surface area contributed by atoms with Crippen LogP contribution in [-0.2, 0) is 6.42 Å². The van der Waals surface area contributed by atoms with Crippen LogP contribution in [0.4, 0.5) is 0 Å². The van der Waals surface area contributed by atoms with Crippen LogP contribution in [0.1, 0.15) is 16.1 Å². The third-order valence-corrected chi connectivity index (χ3v) is 4.05. The molecule has 5 heteroatoms.